The van der Waals surface area contributed by atoms with Gasteiger partial charge in [-0.15, -0.1) is 0 Å². The number of carbonyl (C=O) groups is 1. The lowest BCUT2D eigenvalue weighted by molar-refractivity contribution is -0.121. The first kappa shape index (κ1) is 22.4. The second-order valence-electron chi connectivity index (χ2n) is 6.61. The van der Waals surface area contributed by atoms with E-state index >= 15 is 0 Å². The number of nitrogens with zero attached hydrogens (tertiary/aromatic N) is 1. The minimum absolute atomic E-state index is 0.0148. The van der Waals surface area contributed by atoms with Gasteiger partial charge in [-0.25, -0.2) is 12.8 Å². The minimum atomic E-state index is -3.62. The molecule has 0 aliphatic heterocycles. The molecule has 0 radical (unpaired) electrons. The number of hydrogen-bond acceptors (Lipinski definition) is 3. The first-order valence-corrected chi connectivity index (χ1v) is 11.1. The zero-order chi connectivity index (χ0) is 19.6. The molecular formula is C19H31FN2O3S. The quantitative estimate of drug-likeness (QED) is 0.595. The third-order valence-electron chi connectivity index (χ3n) is 4.42. The summed E-state index contributed by atoms with van der Waals surface area (Å²) in [6.45, 7) is 4.98. The first-order valence-electron chi connectivity index (χ1n) is 9.28. The molecule has 0 saturated carbocycles. The van der Waals surface area contributed by atoms with Gasteiger partial charge in [-0.2, -0.15) is 0 Å². The van der Waals surface area contributed by atoms with Gasteiger partial charge >= 0.3 is 0 Å². The smallest absolute Gasteiger partial charge is 0.232 e. The fourth-order valence-corrected chi connectivity index (χ4v) is 3.76. The molecule has 0 aliphatic rings. The highest BCUT2D eigenvalue weighted by molar-refractivity contribution is 7.92. The van der Waals surface area contributed by atoms with Crippen molar-refractivity contribution < 1.29 is 17.6 Å². The van der Waals surface area contributed by atoms with E-state index in [0.29, 0.717) is 18.9 Å². The van der Waals surface area contributed by atoms with Crippen molar-refractivity contribution in [1.82, 2.24) is 5.32 Å². The summed E-state index contributed by atoms with van der Waals surface area (Å²) in [5, 5.41) is 2.93. The molecule has 0 fully saturated rings. The molecule has 1 amide bonds. The van der Waals surface area contributed by atoms with Crippen molar-refractivity contribution in [1.29, 1.82) is 0 Å². The summed E-state index contributed by atoms with van der Waals surface area (Å²) in [5.41, 5.74) is 0.0148. The van der Waals surface area contributed by atoms with Crippen LogP contribution < -0.4 is 9.62 Å². The average Bonchev–Trinajstić information content (AvgIpc) is 2.59. The highest BCUT2D eigenvalue weighted by Gasteiger charge is 2.20. The molecule has 5 nitrogen and oxygen atoms in total. The number of unbranched alkanes of at least 4 members (excludes halogenated alkanes) is 1. The molecule has 0 heterocycles. The van der Waals surface area contributed by atoms with Crippen LogP contribution in [0.25, 0.3) is 0 Å². The van der Waals surface area contributed by atoms with E-state index < -0.39 is 15.8 Å². The zero-order valence-electron chi connectivity index (χ0n) is 16.0. The summed E-state index contributed by atoms with van der Waals surface area (Å²) in [4.78, 5) is 12.0. The van der Waals surface area contributed by atoms with E-state index in [2.05, 4.69) is 19.2 Å². The van der Waals surface area contributed by atoms with Gasteiger partial charge < -0.3 is 5.32 Å². The lowest BCUT2D eigenvalue weighted by Gasteiger charge is -2.22. The standard InChI is InChI=1S/C19H31FN2O3S/c1-4-6-10-16(5-2)15-21-19(23)13-9-14-22(26(3,24)25)18-12-8-7-11-17(18)20/h7-8,11-12,16H,4-6,9-10,13-15H2,1-3H3,(H,21,23). The van der Waals surface area contributed by atoms with Crippen LogP contribution in [0.2, 0.25) is 0 Å². The Morgan fingerprint density at radius 3 is 2.50 bits per heavy atom. The molecule has 148 valence electrons. The van der Waals surface area contributed by atoms with Crippen LogP contribution in [-0.2, 0) is 14.8 Å². The largest absolute Gasteiger partial charge is 0.356 e. The van der Waals surface area contributed by atoms with Gasteiger partial charge in [0, 0.05) is 19.5 Å². The molecule has 0 aliphatic carbocycles. The zero-order valence-corrected chi connectivity index (χ0v) is 16.8. The van der Waals surface area contributed by atoms with E-state index in [1.807, 2.05) is 0 Å². The Bertz CT molecular complexity index is 665. The van der Waals surface area contributed by atoms with Gasteiger partial charge in [0.25, 0.3) is 0 Å². The Kier molecular flexibility index (Phi) is 9.62. The minimum Gasteiger partial charge on any atom is -0.356 e. The van der Waals surface area contributed by atoms with E-state index in [-0.39, 0.29) is 24.6 Å². The van der Waals surface area contributed by atoms with Gasteiger partial charge in [0.05, 0.1) is 11.9 Å². The van der Waals surface area contributed by atoms with Crippen LogP contribution in [-0.4, -0.2) is 33.7 Å². The van der Waals surface area contributed by atoms with Crippen molar-refractivity contribution in [3.05, 3.63) is 30.1 Å². The van der Waals surface area contributed by atoms with E-state index in [0.717, 1.165) is 36.2 Å². The molecule has 26 heavy (non-hydrogen) atoms. The molecule has 1 atom stereocenters. The molecule has 0 saturated heterocycles. The summed E-state index contributed by atoms with van der Waals surface area (Å²) in [6, 6.07) is 5.75. The molecule has 0 spiro atoms. The molecule has 0 aromatic heterocycles. The van der Waals surface area contributed by atoms with Crippen LogP contribution >= 0.6 is 0 Å². The van der Waals surface area contributed by atoms with Crippen molar-refractivity contribution in [2.24, 2.45) is 5.92 Å². The Morgan fingerprint density at radius 2 is 1.92 bits per heavy atom. The van der Waals surface area contributed by atoms with Crippen molar-refractivity contribution in [3.63, 3.8) is 0 Å². The molecular weight excluding hydrogens is 355 g/mol. The number of nitrogens with one attached hydrogen (secondary N) is 1. The maximum absolute atomic E-state index is 13.9. The van der Waals surface area contributed by atoms with Crippen molar-refractivity contribution in [2.75, 3.05) is 23.7 Å². The second kappa shape index (κ2) is 11.2. The lowest BCUT2D eigenvalue weighted by atomic mass is 9.99. The summed E-state index contributed by atoms with van der Waals surface area (Å²) >= 11 is 0. The molecule has 1 N–H and O–H groups in total. The Hall–Kier alpha value is -1.63. The summed E-state index contributed by atoms with van der Waals surface area (Å²) < 4.78 is 38.9. The van der Waals surface area contributed by atoms with Crippen molar-refractivity contribution >= 4 is 21.6 Å². The summed E-state index contributed by atoms with van der Waals surface area (Å²) in [7, 11) is -3.62. The summed E-state index contributed by atoms with van der Waals surface area (Å²) in [6.07, 6.45) is 6.00. The number of halogens is 1. The highest BCUT2D eigenvalue weighted by Crippen LogP contribution is 2.21. The van der Waals surface area contributed by atoms with Gasteiger partial charge in [-0.05, 0) is 30.9 Å². The molecule has 1 rings (SSSR count). The second-order valence-corrected chi connectivity index (χ2v) is 8.52. The van der Waals surface area contributed by atoms with E-state index in [1.54, 1.807) is 6.07 Å². The van der Waals surface area contributed by atoms with Gasteiger partial charge in [0.15, 0.2) is 0 Å². The normalized spacial score (nSPS) is 12.6. The van der Waals surface area contributed by atoms with Crippen molar-refractivity contribution in [3.8, 4) is 0 Å². The molecule has 1 aromatic rings. The van der Waals surface area contributed by atoms with Crippen LogP contribution in [0.4, 0.5) is 10.1 Å². The van der Waals surface area contributed by atoms with E-state index in [9.17, 15) is 17.6 Å². The Labute approximate surface area is 157 Å². The number of anilines is 1. The lowest BCUT2D eigenvalue weighted by Crippen LogP contribution is -2.33. The molecule has 0 bridgehead atoms. The molecule has 1 aromatic carbocycles. The number of carbonyl (C=O) groups excluding carboxylic acids is 1. The van der Waals surface area contributed by atoms with Gasteiger partial charge in [-0.3, -0.25) is 9.10 Å². The number of sulfonamides is 1. The number of rotatable bonds is 12. The van der Waals surface area contributed by atoms with Crippen LogP contribution in [0.15, 0.2) is 24.3 Å². The Morgan fingerprint density at radius 1 is 1.23 bits per heavy atom. The fraction of sp³-hybridized carbons (Fsp3) is 0.632. The highest BCUT2D eigenvalue weighted by atomic mass is 32.2. The number of para-hydroxylation sites is 1. The monoisotopic (exact) mass is 386 g/mol. The molecule has 7 heteroatoms. The predicted octanol–water partition coefficient (Wildman–Crippen LogP) is 3.70. The topological polar surface area (TPSA) is 66.5 Å². The third-order valence-corrected chi connectivity index (χ3v) is 5.60. The maximum Gasteiger partial charge on any atom is 0.232 e. The fourth-order valence-electron chi connectivity index (χ4n) is 2.79. The van der Waals surface area contributed by atoms with Crippen molar-refractivity contribution in [2.45, 2.75) is 52.4 Å². The van der Waals surface area contributed by atoms with Gasteiger partial charge in [-0.1, -0.05) is 45.2 Å². The molecule has 1 unspecified atom stereocenters. The predicted molar refractivity (Wildman–Crippen MR) is 104 cm³/mol. The van der Waals surface area contributed by atoms with Crippen LogP contribution in [0.1, 0.15) is 52.4 Å². The van der Waals surface area contributed by atoms with Gasteiger partial charge in [0.1, 0.15) is 5.82 Å². The average molecular weight is 387 g/mol. The maximum atomic E-state index is 13.9. The number of amides is 1. The van der Waals surface area contributed by atoms with Crippen LogP contribution in [0.3, 0.4) is 0 Å². The number of benzene rings is 1. The summed E-state index contributed by atoms with van der Waals surface area (Å²) in [5.74, 6) is -0.212. The number of hydrogen-bond donors (Lipinski definition) is 1. The van der Waals surface area contributed by atoms with E-state index in [1.165, 1.54) is 18.2 Å². The van der Waals surface area contributed by atoms with Crippen LogP contribution in [0, 0.1) is 11.7 Å². The van der Waals surface area contributed by atoms with Crippen LogP contribution in [0.5, 0.6) is 0 Å². The third kappa shape index (κ3) is 7.72. The van der Waals surface area contributed by atoms with Gasteiger partial charge in [0.2, 0.25) is 15.9 Å². The van der Waals surface area contributed by atoms with E-state index in [4.69, 9.17) is 0 Å². The SMILES string of the molecule is CCCCC(CC)CNC(=O)CCCN(c1ccccc1F)S(C)(=O)=O. The first-order chi connectivity index (χ1) is 12.3. The Balaban J connectivity index is 2.53.